The zero-order valence-corrected chi connectivity index (χ0v) is 30.8. The first-order valence-corrected chi connectivity index (χ1v) is 18.6. The number of nitrogens with zero attached hydrogens (tertiary/aromatic N) is 4. The first-order chi connectivity index (χ1) is 23.9. The van der Waals surface area contributed by atoms with Crippen molar-refractivity contribution < 1.29 is 27.5 Å². The zero-order chi connectivity index (χ0) is 36.0. The van der Waals surface area contributed by atoms with Crippen LogP contribution < -0.4 is 14.8 Å². The van der Waals surface area contributed by atoms with E-state index >= 15 is 0 Å². The Labute approximate surface area is 303 Å². The van der Waals surface area contributed by atoms with Gasteiger partial charge in [-0.05, 0) is 67.4 Å². The van der Waals surface area contributed by atoms with Crippen molar-refractivity contribution in [3.8, 4) is 5.75 Å². The normalized spacial score (nSPS) is 18.9. The average Bonchev–Trinajstić information content (AvgIpc) is 3.49. The van der Waals surface area contributed by atoms with Gasteiger partial charge in [0.05, 0.1) is 36.3 Å². The number of hydrogen-bond donors (Lipinski definition) is 2. The maximum Gasteiger partial charge on any atom is 0.326 e. The molecule has 2 heterocycles. The standard InChI is InChI=1S/C35H42Cl2N6O6S/c1-5-49-30-15-14-28(50(46,47)40-23(2)22-48-4)20-29(30)34-39-32(24-6-10-26(36)11-7-24)33(25-8-12-27(37)13-9-25)43(34)35(45)42-18-16-41(17-19-42)21-31(44)38-3/h6-15,20,23,32-33,40H,5,16-19,21-22H2,1-4H3,(H,38,44). The van der Waals surface area contributed by atoms with E-state index in [1.54, 1.807) is 54.1 Å². The molecule has 1 fully saturated rings. The monoisotopic (exact) mass is 744 g/mol. The summed E-state index contributed by atoms with van der Waals surface area (Å²) in [6, 6.07) is 17.0. The molecule has 0 spiro atoms. The fraction of sp³-hybridized carbons (Fsp3) is 0.400. The minimum atomic E-state index is -4.00. The number of methoxy groups -OCH3 is 1. The number of carbonyl (C=O) groups excluding carboxylic acids is 2. The molecule has 0 aromatic heterocycles. The SMILES string of the molecule is CCOc1ccc(S(=O)(=O)NC(C)COC)cc1C1=NC(c2ccc(Cl)cc2)C(c2ccc(Cl)cc2)N1C(=O)N1CCN(CC(=O)NC)CC1. The highest BCUT2D eigenvalue weighted by Gasteiger charge is 2.45. The second-order valence-corrected chi connectivity index (χ2v) is 14.7. The largest absolute Gasteiger partial charge is 0.493 e. The summed E-state index contributed by atoms with van der Waals surface area (Å²) in [5, 5.41) is 3.73. The molecule has 3 unspecified atom stereocenters. The summed E-state index contributed by atoms with van der Waals surface area (Å²) in [6.07, 6.45) is 0. The Morgan fingerprint density at radius 3 is 2.16 bits per heavy atom. The van der Waals surface area contributed by atoms with Crippen LogP contribution in [0.15, 0.2) is 76.6 Å². The van der Waals surface area contributed by atoms with Crippen LogP contribution in [0.25, 0.3) is 0 Å². The van der Waals surface area contributed by atoms with E-state index in [9.17, 15) is 18.0 Å². The van der Waals surface area contributed by atoms with Gasteiger partial charge in [0, 0.05) is 56.4 Å². The molecule has 12 nitrogen and oxygen atoms in total. The number of rotatable bonds is 12. The van der Waals surface area contributed by atoms with Gasteiger partial charge in [-0.2, -0.15) is 0 Å². The van der Waals surface area contributed by atoms with E-state index in [0.29, 0.717) is 47.5 Å². The Morgan fingerprint density at radius 1 is 0.960 bits per heavy atom. The van der Waals surface area contributed by atoms with E-state index in [-0.39, 0.29) is 42.4 Å². The van der Waals surface area contributed by atoms with Gasteiger partial charge in [0.1, 0.15) is 17.6 Å². The van der Waals surface area contributed by atoms with Gasteiger partial charge in [-0.1, -0.05) is 47.5 Å². The van der Waals surface area contributed by atoms with Crippen LogP contribution in [0.2, 0.25) is 10.0 Å². The highest BCUT2D eigenvalue weighted by atomic mass is 35.5. The molecule has 268 valence electrons. The molecule has 0 saturated carbocycles. The summed E-state index contributed by atoms with van der Waals surface area (Å²) in [5.74, 6) is 0.528. The van der Waals surface area contributed by atoms with Gasteiger partial charge in [-0.25, -0.2) is 17.9 Å². The number of aliphatic imine (C=N–C) groups is 1. The molecule has 50 heavy (non-hydrogen) atoms. The second kappa shape index (κ2) is 16.5. The molecule has 0 aliphatic carbocycles. The van der Waals surface area contributed by atoms with Crippen molar-refractivity contribution in [2.75, 3.05) is 60.1 Å². The van der Waals surface area contributed by atoms with Crippen molar-refractivity contribution in [1.29, 1.82) is 0 Å². The van der Waals surface area contributed by atoms with Crippen LogP contribution in [0.5, 0.6) is 5.75 Å². The van der Waals surface area contributed by atoms with Crippen molar-refractivity contribution in [2.45, 2.75) is 36.9 Å². The van der Waals surface area contributed by atoms with Crippen LogP contribution in [0.4, 0.5) is 4.79 Å². The van der Waals surface area contributed by atoms with Crippen LogP contribution in [0, 0.1) is 0 Å². The molecule has 2 N–H and O–H groups in total. The van der Waals surface area contributed by atoms with E-state index in [2.05, 4.69) is 10.0 Å². The van der Waals surface area contributed by atoms with Gasteiger partial charge < -0.3 is 19.7 Å². The Hall–Kier alpha value is -3.72. The number of ether oxygens (including phenoxy) is 2. The number of amides is 3. The quantitative estimate of drug-likeness (QED) is 0.274. The van der Waals surface area contributed by atoms with Crippen molar-refractivity contribution in [1.82, 2.24) is 24.7 Å². The fourth-order valence-electron chi connectivity index (χ4n) is 6.14. The summed E-state index contributed by atoms with van der Waals surface area (Å²) in [6.45, 7) is 5.96. The third-order valence-electron chi connectivity index (χ3n) is 8.56. The van der Waals surface area contributed by atoms with Gasteiger partial charge in [0.15, 0.2) is 0 Å². The first-order valence-electron chi connectivity index (χ1n) is 16.3. The summed E-state index contributed by atoms with van der Waals surface area (Å²) < 4.78 is 41.0. The van der Waals surface area contributed by atoms with E-state index in [4.69, 9.17) is 37.7 Å². The maximum absolute atomic E-state index is 14.9. The van der Waals surface area contributed by atoms with Crippen molar-refractivity contribution in [2.24, 2.45) is 4.99 Å². The predicted octanol–water partition coefficient (Wildman–Crippen LogP) is 4.73. The molecule has 15 heteroatoms. The highest BCUT2D eigenvalue weighted by molar-refractivity contribution is 7.89. The summed E-state index contributed by atoms with van der Waals surface area (Å²) >= 11 is 12.6. The van der Waals surface area contributed by atoms with Crippen LogP contribution in [-0.2, 0) is 19.6 Å². The number of nitrogens with one attached hydrogen (secondary N) is 2. The van der Waals surface area contributed by atoms with Crippen molar-refractivity contribution >= 4 is 51.0 Å². The average molecular weight is 746 g/mol. The Balaban J connectivity index is 1.65. The van der Waals surface area contributed by atoms with Crippen molar-refractivity contribution in [3.63, 3.8) is 0 Å². The number of carbonyl (C=O) groups is 2. The Bertz CT molecular complexity index is 1800. The number of sulfonamides is 1. The summed E-state index contributed by atoms with van der Waals surface area (Å²) in [7, 11) is -0.911. The van der Waals surface area contributed by atoms with Crippen molar-refractivity contribution in [3.05, 3.63) is 93.5 Å². The maximum atomic E-state index is 14.9. The van der Waals surface area contributed by atoms with E-state index in [1.807, 2.05) is 36.1 Å². The first kappa shape index (κ1) is 37.5. The Kier molecular flexibility index (Phi) is 12.4. The lowest BCUT2D eigenvalue weighted by molar-refractivity contribution is -0.122. The second-order valence-electron chi connectivity index (χ2n) is 12.1. The number of halogens is 2. The van der Waals surface area contributed by atoms with Crippen LogP contribution >= 0.6 is 23.2 Å². The fourth-order valence-corrected chi connectivity index (χ4v) is 7.64. The lowest BCUT2D eigenvalue weighted by Crippen LogP contribution is -2.55. The molecular formula is C35H42Cl2N6O6S. The van der Waals surface area contributed by atoms with E-state index in [0.717, 1.165) is 11.1 Å². The highest BCUT2D eigenvalue weighted by Crippen LogP contribution is 2.45. The van der Waals surface area contributed by atoms with Gasteiger partial charge in [-0.15, -0.1) is 0 Å². The smallest absolute Gasteiger partial charge is 0.326 e. The number of benzene rings is 3. The number of amidine groups is 1. The van der Waals surface area contributed by atoms with Crippen LogP contribution in [0.3, 0.4) is 0 Å². The van der Waals surface area contributed by atoms with E-state index < -0.39 is 28.1 Å². The molecule has 5 rings (SSSR count). The third-order valence-corrected chi connectivity index (χ3v) is 10.7. The minimum Gasteiger partial charge on any atom is -0.493 e. The number of hydrogen-bond acceptors (Lipinski definition) is 8. The molecule has 3 aromatic carbocycles. The molecule has 2 aliphatic rings. The van der Waals surface area contributed by atoms with Gasteiger partial charge in [-0.3, -0.25) is 19.6 Å². The number of piperazine rings is 1. The predicted molar refractivity (Wildman–Crippen MR) is 194 cm³/mol. The van der Waals surface area contributed by atoms with Crippen LogP contribution in [-0.4, -0.2) is 107 Å². The minimum absolute atomic E-state index is 0.0187. The molecular weight excluding hydrogens is 703 g/mol. The third kappa shape index (κ3) is 8.59. The molecule has 0 bridgehead atoms. The molecule has 3 amide bonds. The van der Waals surface area contributed by atoms with Crippen LogP contribution in [0.1, 0.15) is 42.6 Å². The lowest BCUT2D eigenvalue weighted by atomic mass is 9.93. The summed E-state index contributed by atoms with van der Waals surface area (Å²) in [5.41, 5.74) is 1.92. The zero-order valence-electron chi connectivity index (χ0n) is 28.4. The number of likely N-dealkylation sites (N-methyl/N-ethyl adjacent to an activating group) is 1. The molecule has 1 saturated heterocycles. The van der Waals surface area contributed by atoms with Gasteiger partial charge >= 0.3 is 6.03 Å². The molecule has 3 atom stereocenters. The summed E-state index contributed by atoms with van der Waals surface area (Å²) in [4.78, 5) is 37.5. The Morgan fingerprint density at radius 2 is 1.58 bits per heavy atom. The molecule has 3 aromatic rings. The van der Waals surface area contributed by atoms with E-state index in [1.165, 1.54) is 19.2 Å². The lowest BCUT2D eigenvalue weighted by Gasteiger charge is -2.39. The topological polar surface area (TPSA) is 133 Å². The molecule has 0 radical (unpaired) electrons. The van der Waals surface area contributed by atoms with Gasteiger partial charge in [0.25, 0.3) is 0 Å². The molecule has 2 aliphatic heterocycles. The number of urea groups is 1. The van der Waals surface area contributed by atoms with Gasteiger partial charge in [0.2, 0.25) is 15.9 Å².